The summed E-state index contributed by atoms with van der Waals surface area (Å²) in [4.78, 5) is 10.3. The van der Waals surface area contributed by atoms with E-state index in [1.165, 1.54) is 23.9 Å². The topological polar surface area (TPSA) is 91.3 Å². The maximum Gasteiger partial charge on any atom is 0.277 e. The third-order valence-corrected chi connectivity index (χ3v) is 4.99. The van der Waals surface area contributed by atoms with Crippen LogP contribution in [0.15, 0.2) is 52.1 Å². The molecule has 0 saturated carbocycles. The lowest BCUT2D eigenvalue weighted by Crippen LogP contribution is -2.00. The molecule has 0 amide bonds. The first-order valence-electron chi connectivity index (χ1n) is 8.84. The van der Waals surface area contributed by atoms with Gasteiger partial charge in [0.05, 0.1) is 4.92 Å². The Labute approximate surface area is 167 Å². The van der Waals surface area contributed by atoms with Gasteiger partial charge in [0.1, 0.15) is 5.75 Å². The van der Waals surface area contributed by atoms with Gasteiger partial charge in [0.15, 0.2) is 6.61 Å². The van der Waals surface area contributed by atoms with E-state index >= 15 is 0 Å². The zero-order valence-corrected chi connectivity index (χ0v) is 16.7. The van der Waals surface area contributed by atoms with Crippen molar-refractivity contribution < 1.29 is 14.1 Å². The van der Waals surface area contributed by atoms with Gasteiger partial charge in [-0.1, -0.05) is 49.9 Å². The molecular weight excluding hydrogens is 378 g/mol. The van der Waals surface area contributed by atoms with E-state index in [2.05, 4.69) is 36.2 Å². The Morgan fingerprint density at radius 1 is 1.18 bits per heavy atom. The van der Waals surface area contributed by atoms with Crippen LogP contribution in [0.25, 0.3) is 0 Å². The summed E-state index contributed by atoms with van der Waals surface area (Å²) in [5, 5.41) is 19.2. The Morgan fingerprint density at radius 3 is 2.61 bits per heavy atom. The minimum Gasteiger partial charge on any atom is -0.484 e. The first-order chi connectivity index (χ1) is 13.4. The summed E-state index contributed by atoms with van der Waals surface area (Å²) in [7, 11) is 0. The molecule has 0 aliphatic rings. The van der Waals surface area contributed by atoms with Crippen LogP contribution in [0.3, 0.4) is 0 Å². The highest BCUT2D eigenvalue weighted by Gasteiger charge is 2.12. The minimum atomic E-state index is -0.417. The van der Waals surface area contributed by atoms with E-state index in [9.17, 15) is 10.1 Å². The van der Waals surface area contributed by atoms with Crippen molar-refractivity contribution in [2.75, 3.05) is 0 Å². The van der Waals surface area contributed by atoms with Crippen molar-refractivity contribution in [3.05, 3.63) is 75.2 Å². The molecule has 0 aliphatic carbocycles. The first kappa shape index (κ1) is 19.9. The summed E-state index contributed by atoms with van der Waals surface area (Å²) >= 11 is 1.38. The van der Waals surface area contributed by atoms with Gasteiger partial charge in [0.2, 0.25) is 0 Å². The second kappa shape index (κ2) is 8.88. The second-order valence-electron chi connectivity index (χ2n) is 6.66. The van der Waals surface area contributed by atoms with Gasteiger partial charge >= 0.3 is 0 Å². The largest absolute Gasteiger partial charge is 0.484 e. The fraction of sp³-hybridized carbons (Fsp3) is 0.300. The van der Waals surface area contributed by atoms with E-state index in [0.717, 1.165) is 22.4 Å². The van der Waals surface area contributed by atoms with Crippen molar-refractivity contribution in [2.45, 2.75) is 44.3 Å². The molecule has 0 N–H and O–H groups in total. The number of nitro groups is 1. The average Bonchev–Trinajstić information content (AvgIpc) is 3.12. The lowest BCUT2D eigenvalue weighted by atomic mass is 10.0. The van der Waals surface area contributed by atoms with Gasteiger partial charge in [-0.2, -0.15) is 0 Å². The molecule has 1 heterocycles. The van der Waals surface area contributed by atoms with Crippen LogP contribution in [0.4, 0.5) is 5.69 Å². The Balaban J connectivity index is 1.57. The Morgan fingerprint density at radius 2 is 1.93 bits per heavy atom. The van der Waals surface area contributed by atoms with Crippen LogP contribution in [0, 0.1) is 17.0 Å². The zero-order chi connectivity index (χ0) is 20.1. The Kier molecular flexibility index (Phi) is 6.30. The summed E-state index contributed by atoms with van der Waals surface area (Å²) in [5.74, 6) is 2.16. The molecule has 2 aromatic carbocycles. The van der Waals surface area contributed by atoms with Gasteiger partial charge < -0.3 is 9.15 Å². The summed E-state index contributed by atoms with van der Waals surface area (Å²) in [6.45, 7) is 6.47. The van der Waals surface area contributed by atoms with Crippen molar-refractivity contribution in [2.24, 2.45) is 0 Å². The van der Waals surface area contributed by atoms with Crippen LogP contribution < -0.4 is 4.74 Å². The van der Waals surface area contributed by atoms with E-state index < -0.39 is 4.92 Å². The van der Waals surface area contributed by atoms with Crippen molar-refractivity contribution in [3.8, 4) is 5.75 Å². The number of aryl methyl sites for hydroxylation is 1. The molecule has 1 aromatic heterocycles. The standard InChI is InChI=1S/C20H21N3O4S/c1-13(2)17-9-4-14(3)10-18(17)26-11-19-21-22-20(27-19)28-12-15-5-7-16(8-6-15)23(24)25/h4-10,13H,11-12H2,1-3H3. The highest BCUT2D eigenvalue weighted by atomic mass is 32.2. The molecule has 0 spiro atoms. The molecule has 0 bridgehead atoms. The number of nitro benzene ring substituents is 1. The number of thioether (sulfide) groups is 1. The molecular formula is C20H21N3O4S. The molecule has 3 aromatic rings. The van der Waals surface area contributed by atoms with E-state index in [1.807, 2.05) is 13.0 Å². The number of aromatic nitrogens is 2. The highest BCUT2D eigenvalue weighted by Crippen LogP contribution is 2.28. The number of non-ortho nitro benzene ring substituents is 1. The molecule has 0 unspecified atom stereocenters. The molecule has 0 radical (unpaired) electrons. The lowest BCUT2D eigenvalue weighted by Gasteiger charge is -2.13. The van der Waals surface area contributed by atoms with E-state index in [1.54, 1.807) is 12.1 Å². The van der Waals surface area contributed by atoms with Gasteiger partial charge in [0, 0.05) is 17.9 Å². The maximum absolute atomic E-state index is 10.7. The molecule has 0 aliphatic heterocycles. The normalized spacial score (nSPS) is 11.0. The Bertz CT molecular complexity index is 954. The van der Waals surface area contributed by atoms with Crippen LogP contribution in [-0.2, 0) is 12.4 Å². The summed E-state index contributed by atoms with van der Waals surface area (Å²) in [6.07, 6.45) is 0. The molecule has 8 heteroatoms. The number of hydrogen-bond donors (Lipinski definition) is 0. The minimum absolute atomic E-state index is 0.0721. The van der Waals surface area contributed by atoms with Gasteiger partial charge in [-0.15, -0.1) is 10.2 Å². The SMILES string of the molecule is Cc1ccc(C(C)C)c(OCc2nnc(SCc3ccc([N+](=O)[O-])cc3)o2)c1. The lowest BCUT2D eigenvalue weighted by molar-refractivity contribution is -0.384. The van der Waals surface area contributed by atoms with Crippen LogP contribution in [0.2, 0.25) is 0 Å². The quantitative estimate of drug-likeness (QED) is 0.289. The van der Waals surface area contributed by atoms with Gasteiger partial charge in [-0.05, 0) is 35.6 Å². The van der Waals surface area contributed by atoms with E-state index in [0.29, 0.717) is 22.8 Å². The number of hydrogen-bond acceptors (Lipinski definition) is 7. The van der Waals surface area contributed by atoms with Crippen molar-refractivity contribution >= 4 is 17.4 Å². The van der Waals surface area contributed by atoms with Gasteiger partial charge in [0.25, 0.3) is 16.8 Å². The van der Waals surface area contributed by atoms with Gasteiger partial charge in [-0.25, -0.2) is 0 Å². The summed E-state index contributed by atoms with van der Waals surface area (Å²) < 4.78 is 11.5. The maximum atomic E-state index is 10.7. The molecule has 7 nitrogen and oxygen atoms in total. The average molecular weight is 399 g/mol. The van der Waals surface area contributed by atoms with Crippen molar-refractivity contribution in [1.29, 1.82) is 0 Å². The smallest absolute Gasteiger partial charge is 0.277 e. The molecule has 0 atom stereocenters. The van der Waals surface area contributed by atoms with Crippen LogP contribution >= 0.6 is 11.8 Å². The molecule has 3 rings (SSSR count). The Hall–Kier alpha value is -2.87. The van der Waals surface area contributed by atoms with Crippen molar-refractivity contribution in [3.63, 3.8) is 0 Å². The van der Waals surface area contributed by atoms with Crippen LogP contribution in [0.1, 0.15) is 42.3 Å². The molecule has 0 fully saturated rings. The monoisotopic (exact) mass is 399 g/mol. The second-order valence-corrected chi connectivity index (χ2v) is 7.59. The van der Waals surface area contributed by atoms with Crippen molar-refractivity contribution in [1.82, 2.24) is 10.2 Å². The highest BCUT2D eigenvalue weighted by molar-refractivity contribution is 7.98. The molecule has 0 saturated heterocycles. The fourth-order valence-corrected chi connectivity index (χ4v) is 3.33. The third kappa shape index (κ3) is 5.10. The predicted molar refractivity (Wildman–Crippen MR) is 107 cm³/mol. The van der Waals surface area contributed by atoms with Crippen LogP contribution in [0.5, 0.6) is 5.75 Å². The first-order valence-corrected chi connectivity index (χ1v) is 9.83. The number of ether oxygens (including phenoxy) is 1. The summed E-state index contributed by atoms with van der Waals surface area (Å²) in [6, 6.07) is 12.6. The predicted octanol–water partition coefficient (Wildman–Crippen LogP) is 5.28. The van der Waals surface area contributed by atoms with Gasteiger partial charge in [-0.3, -0.25) is 10.1 Å². The zero-order valence-electron chi connectivity index (χ0n) is 15.9. The molecule has 28 heavy (non-hydrogen) atoms. The van der Waals surface area contributed by atoms with E-state index in [4.69, 9.17) is 9.15 Å². The number of nitrogens with zero attached hydrogens (tertiary/aromatic N) is 3. The number of rotatable bonds is 8. The summed E-state index contributed by atoms with van der Waals surface area (Å²) in [5.41, 5.74) is 3.28. The fourth-order valence-electron chi connectivity index (χ4n) is 2.60. The third-order valence-electron chi connectivity index (χ3n) is 4.10. The number of benzene rings is 2. The van der Waals surface area contributed by atoms with Crippen LogP contribution in [-0.4, -0.2) is 15.1 Å². The van der Waals surface area contributed by atoms with E-state index in [-0.39, 0.29) is 12.3 Å². The molecule has 146 valence electrons.